The summed E-state index contributed by atoms with van der Waals surface area (Å²) < 4.78 is 1.52. The number of aromatic nitrogens is 2. The SMILES string of the molecule is Nc1cnn(CC(=O)NCC2CCCCC2CO)c1. The van der Waals surface area contributed by atoms with Gasteiger partial charge in [0.25, 0.3) is 0 Å². The molecule has 0 bridgehead atoms. The van der Waals surface area contributed by atoms with E-state index in [0.29, 0.717) is 24.1 Å². The maximum Gasteiger partial charge on any atom is 0.241 e. The first-order valence-electron chi connectivity index (χ1n) is 6.84. The van der Waals surface area contributed by atoms with Crippen LogP contribution in [0.25, 0.3) is 0 Å². The predicted molar refractivity (Wildman–Crippen MR) is 72.2 cm³/mol. The van der Waals surface area contributed by atoms with E-state index in [1.165, 1.54) is 23.7 Å². The van der Waals surface area contributed by atoms with Crippen LogP contribution in [-0.2, 0) is 11.3 Å². The molecule has 6 heteroatoms. The Morgan fingerprint density at radius 1 is 1.47 bits per heavy atom. The predicted octanol–water partition coefficient (Wildman–Crippen LogP) is 0.380. The molecule has 1 fully saturated rings. The molecule has 6 nitrogen and oxygen atoms in total. The van der Waals surface area contributed by atoms with Crippen LogP contribution in [0.2, 0.25) is 0 Å². The van der Waals surface area contributed by atoms with Crippen molar-refractivity contribution in [2.24, 2.45) is 11.8 Å². The summed E-state index contributed by atoms with van der Waals surface area (Å²) in [6, 6.07) is 0. The number of anilines is 1. The summed E-state index contributed by atoms with van der Waals surface area (Å²) in [6.07, 6.45) is 7.68. The minimum Gasteiger partial charge on any atom is -0.396 e. The molecular formula is C13H22N4O2. The first-order valence-corrected chi connectivity index (χ1v) is 6.84. The van der Waals surface area contributed by atoms with Crippen molar-refractivity contribution in [3.8, 4) is 0 Å². The van der Waals surface area contributed by atoms with Crippen molar-refractivity contribution >= 4 is 11.6 Å². The van der Waals surface area contributed by atoms with Crippen LogP contribution in [0.5, 0.6) is 0 Å². The number of carbonyl (C=O) groups is 1. The summed E-state index contributed by atoms with van der Waals surface area (Å²) in [4.78, 5) is 11.8. The van der Waals surface area contributed by atoms with Crippen molar-refractivity contribution in [2.45, 2.75) is 32.2 Å². The van der Waals surface area contributed by atoms with Crippen LogP contribution in [0.3, 0.4) is 0 Å². The summed E-state index contributed by atoms with van der Waals surface area (Å²) in [5.74, 6) is 0.658. The van der Waals surface area contributed by atoms with Crippen molar-refractivity contribution in [3.63, 3.8) is 0 Å². The number of nitrogen functional groups attached to an aromatic ring is 1. The molecule has 1 aromatic rings. The molecule has 0 radical (unpaired) electrons. The summed E-state index contributed by atoms with van der Waals surface area (Å²) in [7, 11) is 0. The van der Waals surface area contributed by atoms with E-state index in [-0.39, 0.29) is 19.1 Å². The van der Waals surface area contributed by atoms with Gasteiger partial charge in [0.2, 0.25) is 5.91 Å². The van der Waals surface area contributed by atoms with Gasteiger partial charge >= 0.3 is 0 Å². The van der Waals surface area contributed by atoms with E-state index in [1.807, 2.05) is 0 Å². The third kappa shape index (κ3) is 3.96. The Bertz CT molecular complexity index is 419. The Balaban J connectivity index is 1.76. The van der Waals surface area contributed by atoms with Gasteiger partial charge in [-0.2, -0.15) is 5.10 Å². The highest BCUT2D eigenvalue weighted by Crippen LogP contribution is 2.28. The lowest BCUT2D eigenvalue weighted by molar-refractivity contribution is -0.122. The second-order valence-corrected chi connectivity index (χ2v) is 5.26. The molecule has 0 spiro atoms. The van der Waals surface area contributed by atoms with Crippen LogP contribution in [0, 0.1) is 11.8 Å². The molecule has 1 heterocycles. The van der Waals surface area contributed by atoms with Gasteiger partial charge in [0, 0.05) is 19.3 Å². The summed E-state index contributed by atoms with van der Waals surface area (Å²) in [6.45, 7) is 1.05. The second-order valence-electron chi connectivity index (χ2n) is 5.26. The van der Waals surface area contributed by atoms with E-state index in [1.54, 1.807) is 6.20 Å². The van der Waals surface area contributed by atoms with Crippen LogP contribution in [0.4, 0.5) is 5.69 Å². The van der Waals surface area contributed by atoms with Crippen LogP contribution in [0.15, 0.2) is 12.4 Å². The maximum absolute atomic E-state index is 11.8. The number of aliphatic hydroxyl groups is 1. The molecule has 4 N–H and O–H groups in total. The van der Waals surface area contributed by atoms with Gasteiger partial charge in [0.15, 0.2) is 0 Å². The Morgan fingerprint density at radius 3 is 2.84 bits per heavy atom. The topological polar surface area (TPSA) is 93.2 Å². The van der Waals surface area contributed by atoms with E-state index < -0.39 is 0 Å². The zero-order valence-electron chi connectivity index (χ0n) is 11.1. The highest BCUT2D eigenvalue weighted by molar-refractivity contribution is 5.75. The zero-order valence-corrected chi connectivity index (χ0v) is 11.1. The summed E-state index contributed by atoms with van der Waals surface area (Å²) >= 11 is 0. The lowest BCUT2D eigenvalue weighted by Crippen LogP contribution is -2.37. The van der Waals surface area contributed by atoms with Crippen LogP contribution in [-0.4, -0.2) is 33.9 Å². The lowest BCUT2D eigenvalue weighted by atomic mass is 9.79. The van der Waals surface area contributed by atoms with Gasteiger partial charge in [-0.05, 0) is 24.7 Å². The lowest BCUT2D eigenvalue weighted by Gasteiger charge is -2.30. The van der Waals surface area contributed by atoms with E-state index in [2.05, 4.69) is 10.4 Å². The Kier molecular flexibility index (Phi) is 4.79. The first-order chi connectivity index (χ1) is 9.19. The number of hydrogen-bond acceptors (Lipinski definition) is 4. The Labute approximate surface area is 113 Å². The number of amides is 1. The van der Waals surface area contributed by atoms with Crippen molar-refractivity contribution < 1.29 is 9.90 Å². The number of nitrogens with two attached hydrogens (primary N) is 1. The van der Waals surface area contributed by atoms with Gasteiger partial charge < -0.3 is 16.2 Å². The van der Waals surface area contributed by atoms with Gasteiger partial charge in [-0.25, -0.2) is 0 Å². The molecule has 1 amide bonds. The number of nitrogens with one attached hydrogen (secondary N) is 1. The van der Waals surface area contributed by atoms with E-state index in [4.69, 9.17) is 5.73 Å². The smallest absolute Gasteiger partial charge is 0.241 e. The molecule has 1 saturated carbocycles. The molecule has 1 aromatic heterocycles. The zero-order chi connectivity index (χ0) is 13.7. The molecule has 1 aliphatic rings. The first kappa shape index (κ1) is 13.9. The molecule has 0 saturated heterocycles. The Morgan fingerprint density at radius 2 is 2.21 bits per heavy atom. The third-order valence-corrected chi connectivity index (χ3v) is 3.82. The molecule has 0 aromatic carbocycles. The van der Waals surface area contributed by atoms with Crippen molar-refractivity contribution in [2.75, 3.05) is 18.9 Å². The number of carbonyl (C=O) groups excluding carboxylic acids is 1. The molecule has 19 heavy (non-hydrogen) atoms. The highest BCUT2D eigenvalue weighted by Gasteiger charge is 2.24. The fraction of sp³-hybridized carbons (Fsp3) is 0.692. The minimum absolute atomic E-state index is 0.0645. The van der Waals surface area contributed by atoms with E-state index in [9.17, 15) is 9.90 Å². The molecule has 2 rings (SSSR count). The average Bonchev–Trinajstić information content (AvgIpc) is 2.82. The van der Waals surface area contributed by atoms with Crippen LogP contribution in [0.1, 0.15) is 25.7 Å². The van der Waals surface area contributed by atoms with E-state index in [0.717, 1.165) is 12.8 Å². The van der Waals surface area contributed by atoms with Crippen LogP contribution >= 0.6 is 0 Å². The number of hydrogen-bond donors (Lipinski definition) is 3. The third-order valence-electron chi connectivity index (χ3n) is 3.82. The molecule has 0 aliphatic heterocycles. The molecule has 106 valence electrons. The fourth-order valence-electron chi connectivity index (χ4n) is 2.71. The number of rotatable bonds is 5. The normalized spacial score (nSPS) is 23.2. The van der Waals surface area contributed by atoms with E-state index >= 15 is 0 Å². The van der Waals surface area contributed by atoms with Crippen molar-refractivity contribution in [1.29, 1.82) is 0 Å². The standard InChI is InChI=1S/C13H22N4O2/c14-12-6-16-17(7-12)8-13(19)15-5-10-3-1-2-4-11(10)9-18/h6-7,10-11,18H,1-5,8-9,14H2,(H,15,19). The molecule has 2 atom stereocenters. The quantitative estimate of drug-likeness (QED) is 0.718. The highest BCUT2D eigenvalue weighted by atomic mass is 16.3. The minimum atomic E-state index is -0.0645. The monoisotopic (exact) mass is 266 g/mol. The van der Waals surface area contributed by atoms with Gasteiger partial charge in [0.1, 0.15) is 6.54 Å². The summed E-state index contributed by atoms with van der Waals surface area (Å²) in [5, 5.41) is 16.2. The van der Waals surface area contributed by atoms with Crippen molar-refractivity contribution in [1.82, 2.24) is 15.1 Å². The largest absolute Gasteiger partial charge is 0.396 e. The van der Waals surface area contributed by atoms with Crippen LogP contribution < -0.4 is 11.1 Å². The Hall–Kier alpha value is -1.56. The molecule has 2 unspecified atom stereocenters. The molecular weight excluding hydrogens is 244 g/mol. The second kappa shape index (κ2) is 6.56. The van der Waals surface area contributed by atoms with Gasteiger partial charge in [-0.3, -0.25) is 9.48 Å². The average molecular weight is 266 g/mol. The van der Waals surface area contributed by atoms with Gasteiger partial charge in [-0.15, -0.1) is 0 Å². The maximum atomic E-state index is 11.8. The number of nitrogens with zero attached hydrogens (tertiary/aromatic N) is 2. The fourth-order valence-corrected chi connectivity index (χ4v) is 2.71. The van der Waals surface area contributed by atoms with Gasteiger partial charge in [-0.1, -0.05) is 12.8 Å². The van der Waals surface area contributed by atoms with Crippen molar-refractivity contribution in [3.05, 3.63) is 12.4 Å². The number of aliphatic hydroxyl groups excluding tert-OH is 1. The molecule has 1 aliphatic carbocycles. The van der Waals surface area contributed by atoms with Gasteiger partial charge in [0.05, 0.1) is 11.9 Å². The summed E-state index contributed by atoms with van der Waals surface area (Å²) in [5.41, 5.74) is 6.09.